The summed E-state index contributed by atoms with van der Waals surface area (Å²) in [5.74, 6) is 0.988. The Kier molecular flexibility index (Phi) is 1.86. The van der Waals surface area contributed by atoms with E-state index >= 15 is 0 Å². The molecule has 3 nitrogen and oxygen atoms in total. The van der Waals surface area contributed by atoms with Crippen molar-refractivity contribution < 1.29 is 9.69 Å². The van der Waals surface area contributed by atoms with Gasteiger partial charge in [-0.05, 0) is 6.92 Å². The van der Waals surface area contributed by atoms with Crippen LogP contribution in [0.1, 0.15) is 19.8 Å². The standard InChI is InChI=1S/C10H16N2OS/c1-7-9(13)11-10(14-7)6-12-4-2-8(10)3-5-12/h7-8H,2-6H2,1H3,(H,11,13)/p+1/t7-,10+/m1/s1. The zero-order valence-electron chi connectivity index (χ0n) is 8.51. The van der Waals surface area contributed by atoms with Crippen LogP contribution in [0.3, 0.4) is 0 Å². The van der Waals surface area contributed by atoms with E-state index in [2.05, 4.69) is 5.32 Å². The monoisotopic (exact) mass is 213 g/mol. The maximum Gasteiger partial charge on any atom is 0.234 e. The molecule has 2 bridgehead atoms. The van der Waals surface area contributed by atoms with Crippen molar-refractivity contribution >= 4 is 17.7 Å². The van der Waals surface area contributed by atoms with Crippen LogP contribution in [0.4, 0.5) is 0 Å². The molecule has 14 heavy (non-hydrogen) atoms. The second kappa shape index (κ2) is 2.89. The first kappa shape index (κ1) is 9.04. The Labute approximate surface area is 88.6 Å². The maximum absolute atomic E-state index is 11.6. The van der Waals surface area contributed by atoms with Crippen LogP contribution in [0.5, 0.6) is 0 Å². The van der Waals surface area contributed by atoms with Gasteiger partial charge in [0.1, 0.15) is 11.4 Å². The van der Waals surface area contributed by atoms with Crippen molar-refractivity contribution in [1.82, 2.24) is 5.32 Å². The highest BCUT2D eigenvalue weighted by Gasteiger charge is 2.55. The molecule has 4 aliphatic heterocycles. The molecule has 0 aromatic carbocycles. The summed E-state index contributed by atoms with van der Waals surface area (Å²) in [7, 11) is 0. The molecule has 4 heterocycles. The average Bonchev–Trinajstić information content (AvgIpc) is 2.43. The van der Waals surface area contributed by atoms with Crippen molar-refractivity contribution in [2.75, 3.05) is 19.6 Å². The highest BCUT2D eigenvalue weighted by atomic mass is 32.2. The van der Waals surface area contributed by atoms with Gasteiger partial charge in [0.05, 0.1) is 18.3 Å². The number of hydrogen-bond acceptors (Lipinski definition) is 2. The lowest BCUT2D eigenvalue weighted by Crippen LogP contribution is -3.18. The fourth-order valence-electron chi connectivity index (χ4n) is 3.18. The topological polar surface area (TPSA) is 33.5 Å². The summed E-state index contributed by atoms with van der Waals surface area (Å²) in [4.78, 5) is 13.4. The molecule has 4 fully saturated rings. The third-order valence-electron chi connectivity index (χ3n) is 3.96. The van der Waals surface area contributed by atoms with Crippen LogP contribution in [0.25, 0.3) is 0 Å². The van der Waals surface area contributed by atoms with E-state index < -0.39 is 0 Å². The van der Waals surface area contributed by atoms with E-state index in [4.69, 9.17) is 0 Å². The molecule has 4 rings (SSSR count). The Morgan fingerprint density at radius 2 is 2.21 bits per heavy atom. The fraction of sp³-hybridized carbons (Fsp3) is 0.900. The van der Waals surface area contributed by atoms with Crippen molar-refractivity contribution in [3.8, 4) is 0 Å². The Morgan fingerprint density at radius 3 is 2.64 bits per heavy atom. The molecule has 0 aromatic rings. The van der Waals surface area contributed by atoms with Crippen LogP contribution in [-0.2, 0) is 4.79 Å². The average molecular weight is 213 g/mol. The van der Waals surface area contributed by atoms with Gasteiger partial charge in [-0.1, -0.05) is 0 Å². The first-order valence-corrected chi connectivity index (χ1v) is 6.41. The highest BCUT2D eigenvalue weighted by Crippen LogP contribution is 2.43. The predicted molar refractivity (Wildman–Crippen MR) is 56.2 cm³/mol. The molecule has 4 aliphatic rings. The molecule has 78 valence electrons. The van der Waals surface area contributed by atoms with E-state index in [1.54, 1.807) is 4.90 Å². The molecule has 1 amide bonds. The van der Waals surface area contributed by atoms with Crippen LogP contribution in [0.15, 0.2) is 0 Å². The summed E-state index contributed by atoms with van der Waals surface area (Å²) in [5.41, 5.74) is 0. The molecule has 4 saturated heterocycles. The molecule has 0 saturated carbocycles. The van der Waals surface area contributed by atoms with Crippen LogP contribution in [0, 0.1) is 5.92 Å². The molecule has 0 aromatic heterocycles. The van der Waals surface area contributed by atoms with Crippen LogP contribution >= 0.6 is 11.8 Å². The zero-order valence-corrected chi connectivity index (χ0v) is 9.32. The van der Waals surface area contributed by atoms with Crippen molar-refractivity contribution in [1.29, 1.82) is 0 Å². The first-order chi connectivity index (χ1) is 6.70. The van der Waals surface area contributed by atoms with Gasteiger partial charge in [0.15, 0.2) is 0 Å². The van der Waals surface area contributed by atoms with Gasteiger partial charge >= 0.3 is 0 Å². The quantitative estimate of drug-likeness (QED) is 0.555. The molecule has 0 unspecified atom stereocenters. The minimum Gasteiger partial charge on any atom is -0.335 e. The zero-order chi connectivity index (χ0) is 9.76. The number of thioether (sulfide) groups is 1. The second-order valence-corrected chi connectivity index (χ2v) is 6.51. The summed E-state index contributed by atoms with van der Waals surface area (Å²) in [5, 5.41) is 3.42. The van der Waals surface area contributed by atoms with Crippen molar-refractivity contribution in [2.45, 2.75) is 29.9 Å². The smallest absolute Gasteiger partial charge is 0.234 e. The van der Waals surface area contributed by atoms with Crippen molar-refractivity contribution in [3.05, 3.63) is 0 Å². The second-order valence-electron chi connectivity index (χ2n) is 4.84. The minimum atomic E-state index is 0.113. The maximum atomic E-state index is 11.6. The van der Waals surface area contributed by atoms with Gasteiger partial charge < -0.3 is 10.2 Å². The summed E-state index contributed by atoms with van der Waals surface area (Å²) in [6, 6.07) is 0. The van der Waals surface area contributed by atoms with E-state index in [9.17, 15) is 4.79 Å². The number of piperidine rings is 3. The van der Waals surface area contributed by atoms with Crippen LogP contribution < -0.4 is 10.2 Å². The number of rotatable bonds is 0. The summed E-state index contributed by atoms with van der Waals surface area (Å²) in [6.07, 6.45) is 2.60. The highest BCUT2D eigenvalue weighted by molar-refractivity contribution is 8.02. The Hall–Kier alpha value is -0.220. The molecule has 0 radical (unpaired) electrons. The lowest BCUT2D eigenvalue weighted by atomic mass is 9.83. The number of fused-ring (bicyclic) bond motifs is 2. The third-order valence-corrected chi connectivity index (χ3v) is 5.52. The molecule has 0 aliphatic carbocycles. The third kappa shape index (κ3) is 1.13. The van der Waals surface area contributed by atoms with Gasteiger partial charge in [0.25, 0.3) is 0 Å². The lowest BCUT2D eigenvalue weighted by Gasteiger charge is -2.47. The number of nitrogens with one attached hydrogen (secondary N) is 2. The van der Waals surface area contributed by atoms with Gasteiger partial charge in [-0.3, -0.25) is 4.79 Å². The number of quaternary nitrogens is 1. The number of hydrogen-bond donors (Lipinski definition) is 2. The minimum absolute atomic E-state index is 0.113. The van der Waals surface area contributed by atoms with Gasteiger partial charge in [-0.25, -0.2) is 0 Å². The number of carbonyl (C=O) groups is 1. The van der Waals surface area contributed by atoms with E-state index in [-0.39, 0.29) is 16.0 Å². The Balaban J connectivity index is 1.87. The normalized spacial score (nSPS) is 51.2. The fourth-order valence-corrected chi connectivity index (χ4v) is 4.85. The van der Waals surface area contributed by atoms with E-state index in [0.717, 1.165) is 12.5 Å². The van der Waals surface area contributed by atoms with E-state index in [1.165, 1.54) is 25.9 Å². The SMILES string of the molecule is C[C@H]1S[C@]2(C[NH+]3CCC2CC3)NC1=O. The van der Waals surface area contributed by atoms with Crippen LogP contribution in [0.2, 0.25) is 0 Å². The van der Waals surface area contributed by atoms with Crippen molar-refractivity contribution in [2.24, 2.45) is 5.92 Å². The lowest BCUT2D eigenvalue weighted by molar-refractivity contribution is -0.919. The van der Waals surface area contributed by atoms with Crippen molar-refractivity contribution in [3.63, 3.8) is 0 Å². The molecule has 4 heteroatoms. The van der Waals surface area contributed by atoms with E-state index in [1.807, 2.05) is 18.7 Å². The summed E-state index contributed by atoms with van der Waals surface area (Å²) >= 11 is 1.88. The van der Waals surface area contributed by atoms with Crippen LogP contribution in [-0.4, -0.2) is 35.7 Å². The largest absolute Gasteiger partial charge is 0.335 e. The molecule has 2 N–H and O–H groups in total. The van der Waals surface area contributed by atoms with Gasteiger partial charge in [-0.2, -0.15) is 0 Å². The number of amides is 1. The number of carbonyl (C=O) groups excluding carboxylic acids is 1. The molecular weight excluding hydrogens is 196 g/mol. The van der Waals surface area contributed by atoms with Gasteiger partial charge in [0.2, 0.25) is 5.91 Å². The molecular formula is C10H17N2OS+. The van der Waals surface area contributed by atoms with Gasteiger partial charge in [-0.15, -0.1) is 11.8 Å². The Bertz CT molecular complexity index is 275. The van der Waals surface area contributed by atoms with Gasteiger partial charge in [0, 0.05) is 18.8 Å². The first-order valence-electron chi connectivity index (χ1n) is 5.53. The molecule has 1 spiro atoms. The summed E-state index contributed by atoms with van der Waals surface area (Å²) in [6.45, 7) is 5.81. The predicted octanol–water partition coefficient (Wildman–Crippen LogP) is -0.757. The van der Waals surface area contributed by atoms with E-state index in [0.29, 0.717) is 0 Å². The molecule has 2 atom stereocenters. The summed E-state index contributed by atoms with van der Waals surface area (Å²) < 4.78 is 0. The Morgan fingerprint density at radius 1 is 1.50 bits per heavy atom.